The SMILES string of the molecule is Cc1cc(Br)c(F)cc1NC1CCCC(C2CC2)C1. The minimum Gasteiger partial charge on any atom is -0.382 e. The maximum absolute atomic E-state index is 13.6. The fraction of sp³-hybridized carbons (Fsp3) is 0.625. The van der Waals surface area contributed by atoms with Gasteiger partial charge in [0.25, 0.3) is 0 Å². The van der Waals surface area contributed by atoms with Crippen LogP contribution in [0, 0.1) is 24.6 Å². The Morgan fingerprint density at radius 2 is 1.95 bits per heavy atom. The quantitative estimate of drug-likeness (QED) is 0.797. The third kappa shape index (κ3) is 3.13. The zero-order valence-corrected chi connectivity index (χ0v) is 13.0. The van der Waals surface area contributed by atoms with Crippen LogP contribution in [0.3, 0.4) is 0 Å². The fourth-order valence-electron chi connectivity index (χ4n) is 3.38. The van der Waals surface area contributed by atoms with Gasteiger partial charge in [0.15, 0.2) is 0 Å². The first-order valence-corrected chi connectivity index (χ1v) is 8.15. The first kappa shape index (κ1) is 13.4. The summed E-state index contributed by atoms with van der Waals surface area (Å²) in [5.74, 6) is 1.72. The van der Waals surface area contributed by atoms with E-state index in [1.54, 1.807) is 6.07 Å². The van der Waals surface area contributed by atoms with Gasteiger partial charge in [0.2, 0.25) is 0 Å². The Bertz CT molecular complexity index is 470. The number of hydrogen-bond donors (Lipinski definition) is 1. The number of benzene rings is 1. The van der Waals surface area contributed by atoms with E-state index < -0.39 is 0 Å². The van der Waals surface area contributed by atoms with Crippen LogP contribution in [0.15, 0.2) is 16.6 Å². The average molecular weight is 326 g/mol. The highest BCUT2D eigenvalue weighted by Crippen LogP contribution is 2.44. The molecule has 1 N–H and O–H groups in total. The number of anilines is 1. The van der Waals surface area contributed by atoms with Gasteiger partial charge < -0.3 is 5.32 Å². The molecule has 3 heteroatoms. The Kier molecular flexibility index (Phi) is 3.84. The van der Waals surface area contributed by atoms with E-state index >= 15 is 0 Å². The van der Waals surface area contributed by atoms with E-state index in [-0.39, 0.29) is 5.82 Å². The van der Waals surface area contributed by atoms with Gasteiger partial charge in [-0.15, -0.1) is 0 Å². The first-order valence-electron chi connectivity index (χ1n) is 7.35. The lowest BCUT2D eigenvalue weighted by Gasteiger charge is -2.31. The number of nitrogens with one attached hydrogen (secondary N) is 1. The van der Waals surface area contributed by atoms with Crippen molar-refractivity contribution in [1.82, 2.24) is 0 Å². The van der Waals surface area contributed by atoms with Gasteiger partial charge in [-0.25, -0.2) is 4.39 Å². The molecule has 104 valence electrons. The first-order chi connectivity index (χ1) is 9.13. The standard InChI is InChI=1S/C16H21BrFN/c1-10-7-14(17)15(18)9-16(10)19-13-4-2-3-12(8-13)11-5-6-11/h7,9,11-13,19H,2-6,8H2,1H3. The Hall–Kier alpha value is -0.570. The van der Waals surface area contributed by atoms with Crippen molar-refractivity contribution in [2.75, 3.05) is 5.32 Å². The van der Waals surface area contributed by atoms with E-state index in [4.69, 9.17) is 0 Å². The normalized spacial score (nSPS) is 27.3. The summed E-state index contributed by atoms with van der Waals surface area (Å²) < 4.78 is 14.2. The van der Waals surface area contributed by atoms with Crippen LogP contribution in [-0.2, 0) is 0 Å². The summed E-state index contributed by atoms with van der Waals surface area (Å²) in [6.45, 7) is 2.04. The molecule has 3 rings (SSSR count). The van der Waals surface area contributed by atoms with E-state index in [1.165, 1.54) is 38.5 Å². The van der Waals surface area contributed by atoms with Crippen LogP contribution in [0.5, 0.6) is 0 Å². The number of halogens is 2. The summed E-state index contributed by atoms with van der Waals surface area (Å²) in [5, 5.41) is 3.57. The molecule has 1 aromatic rings. The van der Waals surface area contributed by atoms with Gasteiger partial charge in [-0.3, -0.25) is 0 Å². The second-order valence-electron chi connectivity index (χ2n) is 6.19. The van der Waals surface area contributed by atoms with Crippen LogP contribution in [0.4, 0.5) is 10.1 Å². The summed E-state index contributed by atoms with van der Waals surface area (Å²) in [4.78, 5) is 0. The van der Waals surface area contributed by atoms with Crippen molar-refractivity contribution >= 4 is 21.6 Å². The largest absolute Gasteiger partial charge is 0.382 e. The molecule has 2 unspecified atom stereocenters. The van der Waals surface area contributed by atoms with Crippen LogP contribution >= 0.6 is 15.9 Å². The Balaban J connectivity index is 1.68. The molecular formula is C16H21BrFN. The Labute approximate surface area is 123 Å². The molecule has 19 heavy (non-hydrogen) atoms. The molecule has 1 aromatic carbocycles. The summed E-state index contributed by atoms with van der Waals surface area (Å²) in [6, 6.07) is 4.01. The average Bonchev–Trinajstić information content (AvgIpc) is 3.20. The molecule has 2 atom stereocenters. The van der Waals surface area contributed by atoms with Gasteiger partial charge in [0, 0.05) is 11.7 Å². The molecular weight excluding hydrogens is 305 g/mol. The second-order valence-corrected chi connectivity index (χ2v) is 7.04. The molecule has 0 bridgehead atoms. The molecule has 0 saturated heterocycles. The maximum Gasteiger partial charge on any atom is 0.139 e. The van der Waals surface area contributed by atoms with Crippen LogP contribution in [0.2, 0.25) is 0 Å². The summed E-state index contributed by atoms with van der Waals surface area (Å²) >= 11 is 3.24. The predicted octanol–water partition coefficient (Wildman–Crippen LogP) is 5.28. The van der Waals surface area contributed by atoms with E-state index in [0.717, 1.165) is 23.1 Å². The molecule has 1 nitrogen and oxygen atoms in total. The molecule has 0 aromatic heterocycles. The monoisotopic (exact) mass is 325 g/mol. The highest BCUT2D eigenvalue weighted by Gasteiger charge is 2.34. The molecule has 2 aliphatic carbocycles. The highest BCUT2D eigenvalue weighted by atomic mass is 79.9. The zero-order valence-electron chi connectivity index (χ0n) is 11.4. The maximum atomic E-state index is 13.6. The van der Waals surface area contributed by atoms with Crippen LogP contribution < -0.4 is 5.32 Å². The van der Waals surface area contributed by atoms with Crippen molar-refractivity contribution in [3.05, 3.63) is 28.0 Å². The van der Waals surface area contributed by atoms with Crippen molar-refractivity contribution in [3.8, 4) is 0 Å². The topological polar surface area (TPSA) is 12.0 Å². The highest BCUT2D eigenvalue weighted by molar-refractivity contribution is 9.10. The minimum absolute atomic E-state index is 0.178. The van der Waals surface area contributed by atoms with Crippen LogP contribution in [0.1, 0.15) is 44.1 Å². The van der Waals surface area contributed by atoms with Gasteiger partial charge in [0.05, 0.1) is 4.47 Å². The van der Waals surface area contributed by atoms with Gasteiger partial charge in [-0.2, -0.15) is 0 Å². The molecule has 0 spiro atoms. The Morgan fingerprint density at radius 3 is 2.68 bits per heavy atom. The summed E-state index contributed by atoms with van der Waals surface area (Å²) in [6.07, 6.45) is 8.07. The van der Waals surface area contributed by atoms with E-state index in [9.17, 15) is 4.39 Å². The third-order valence-electron chi connectivity index (χ3n) is 4.63. The van der Waals surface area contributed by atoms with Crippen molar-refractivity contribution in [1.29, 1.82) is 0 Å². The lowest BCUT2D eigenvalue weighted by molar-refractivity contribution is 0.303. The van der Waals surface area contributed by atoms with Gasteiger partial charge in [-0.1, -0.05) is 12.8 Å². The van der Waals surface area contributed by atoms with Gasteiger partial charge in [-0.05, 0) is 78.1 Å². The number of aryl methyl sites for hydroxylation is 1. The molecule has 0 heterocycles. The smallest absolute Gasteiger partial charge is 0.139 e. The molecule has 0 amide bonds. The molecule has 2 saturated carbocycles. The Morgan fingerprint density at radius 1 is 1.16 bits per heavy atom. The molecule has 0 radical (unpaired) electrons. The van der Waals surface area contributed by atoms with Crippen molar-refractivity contribution in [2.24, 2.45) is 11.8 Å². The lowest BCUT2D eigenvalue weighted by atomic mass is 9.82. The fourth-order valence-corrected chi connectivity index (χ4v) is 3.83. The second kappa shape index (κ2) is 5.43. The van der Waals surface area contributed by atoms with Gasteiger partial charge >= 0.3 is 0 Å². The molecule has 0 aliphatic heterocycles. The van der Waals surface area contributed by atoms with Crippen molar-refractivity contribution in [3.63, 3.8) is 0 Å². The van der Waals surface area contributed by atoms with Gasteiger partial charge in [0.1, 0.15) is 5.82 Å². The minimum atomic E-state index is -0.178. The van der Waals surface area contributed by atoms with E-state index in [1.807, 2.05) is 13.0 Å². The summed E-state index contributed by atoms with van der Waals surface area (Å²) in [7, 11) is 0. The summed E-state index contributed by atoms with van der Waals surface area (Å²) in [5.41, 5.74) is 2.07. The molecule has 2 fully saturated rings. The molecule has 2 aliphatic rings. The van der Waals surface area contributed by atoms with Crippen LogP contribution in [-0.4, -0.2) is 6.04 Å². The van der Waals surface area contributed by atoms with E-state index in [2.05, 4.69) is 21.2 Å². The predicted molar refractivity (Wildman–Crippen MR) is 80.9 cm³/mol. The number of hydrogen-bond acceptors (Lipinski definition) is 1. The van der Waals surface area contributed by atoms with Crippen molar-refractivity contribution in [2.45, 2.75) is 51.5 Å². The van der Waals surface area contributed by atoms with E-state index in [0.29, 0.717) is 10.5 Å². The van der Waals surface area contributed by atoms with Crippen molar-refractivity contribution < 1.29 is 4.39 Å². The zero-order chi connectivity index (χ0) is 13.4. The number of rotatable bonds is 3. The van der Waals surface area contributed by atoms with Crippen LogP contribution in [0.25, 0.3) is 0 Å². The third-order valence-corrected chi connectivity index (χ3v) is 5.24. The lowest BCUT2D eigenvalue weighted by Crippen LogP contribution is -2.28.